The van der Waals surface area contributed by atoms with Crippen LogP contribution in [0.3, 0.4) is 0 Å². The van der Waals surface area contributed by atoms with Gasteiger partial charge in [-0.3, -0.25) is 0 Å². The minimum Gasteiger partial charge on any atom is -0.478 e. The van der Waals surface area contributed by atoms with E-state index in [0.717, 1.165) is 4.88 Å². The number of nitrogens with one attached hydrogen (secondary N) is 1. The first kappa shape index (κ1) is 13.0. The van der Waals surface area contributed by atoms with Gasteiger partial charge in [0.05, 0.1) is 6.54 Å². The number of carbonyl (C=O) groups is 1. The number of aromatic carboxylic acids is 1. The fourth-order valence-electron chi connectivity index (χ4n) is 1.49. The van der Waals surface area contributed by atoms with Gasteiger partial charge in [-0.2, -0.15) is 0 Å². The van der Waals surface area contributed by atoms with Crippen molar-refractivity contribution in [3.8, 4) is 0 Å². The van der Waals surface area contributed by atoms with Crippen LogP contribution >= 0.6 is 27.3 Å². The van der Waals surface area contributed by atoms with Crippen molar-refractivity contribution in [2.45, 2.75) is 13.5 Å². The lowest BCUT2D eigenvalue weighted by molar-refractivity contribution is 0.0697. The number of rotatable bonds is 4. The Morgan fingerprint density at radius 1 is 1.56 bits per heavy atom. The van der Waals surface area contributed by atoms with E-state index in [-0.39, 0.29) is 5.56 Å². The summed E-state index contributed by atoms with van der Waals surface area (Å²) in [5.74, 6) is -0.606. The van der Waals surface area contributed by atoms with Crippen molar-refractivity contribution in [3.05, 3.63) is 44.2 Å². The summed E-state index contributed by atoms with van der Waals surface area (Å²) >= 11 is 4.89. The van der Waals surface area contributed by atoms with E-state index in [2.05, 4.69) is 26.2 Å². The molecule has 0 bridgehead atoms. The minimum absolute atomic E-state index is 0.164. The standard InChI is InChI=1S/C12H11BrN2O2S/c1-7-2-3-9(18-7)6-15-11-10(12(16)17)4-8(13)5-14-11/h2-5H,6H2,1H3,(H,14,15)(H,16,17). The van der Waals surface area contributed by atoms with Crippen LogP contribution in [0.4, 0.5) is 5.82 Å². The van der Waals surface area contributed by atoms with Gasteiger partial charge < -0.3 is 10.4 Å². The molecule has 18 heavy (non-hydrogen) atoms. The molecule has 0 radical (unpaired) electrons. The molecule has 2 aromatic heterocycles. The number of halogens is 1. The first-order chi connectivity index (χ1) is 8.56. The number of hydrogen-bond acceptors (Lipinski definition) is 4. The Morgan fingerprint density at radius 3 is 2.94 bits per heavy atom. The Hall–Kier alpha value is -1.40. The molecule has 0 unspecified atom stereocenters. The highest BCUT2D eigenvalue weighted by molar-refractivity contribution is 9.10. The van der Waals surface area contributed by atoms with Crippen molar-refractivity contribution in [3.63, 3.8) is 0 Å². The number of aromatic nitrogens is 1. The maximum atomic E-state index is 11.1. The predicted molar refractivity (Wildman–Crippen MR) is 75.3 cm³/mol. The summed E-state index contributed by atoms with van der Waals surface area (Å²) in [6.07, 6.45) is 1.58. The predicted octanol–water partition coefficient (Wildman–Crippen LogP) is 3.52. The number of anilines is 1. The zero-order valence-corrected chi connectivity index (χ0v) is 12.0. The Bertz CT molecular complexity index is 583. The fraction of sp³-hybridized carbons (Fsp3) is 0.167. The molecule has 2 aromatic rings. The molecular formula is C12H11BrN2O2S. The summed E-state index contributed by atoms with van der Waals surface area (Å²) < 4.78 is 0.650. The number of pyridine rings is 1. The molecule has 2 heterocycles. The number of aryl methyl sites for hydroxylation is 1. The lowest BCUT2D eigenvalue weighted by atomic mass is 10.2. The molecule has 2 rings (SSSR count). The van der Waals surface area contributed by atoms with Crippen molar-refractivity contribution >= 4 is 39.1 Å². The van der Waals surface area contributed by atoms with Gasteiger partial charge in [0.1, 0.15) is 11.4 Å². The van der Waals surface area contributed by atoms with E-state index in [4.69, 9.17) is 5.11 Å². The number of nitrogens with zero attached hydrogens (tertiary/aromatic N) is 1. The molecular weight excluding hydrogens is 316 g/mol. The van der Waals surface area contributed by atoms with E-state index in [1.807, 2.05) is 19.1 Å². The molecule has 0 aliphatic carbocycles. The second-order valence-corrected chi connectivity index (χ2v) is 6.01. The van der Waals surface area contributed by atoms with Gasteiger partial charge in [-0.15, -0.1) is 11.3 Å². The maximum Gasteiger partial charge on any atom is 0.339 e. The molecule has 0 aromatic carbocycles. The first-order valence-electron chi connectivity index (χ1n) is 5.24. The lowest BCUT2D eigenvalue weighted by Gasteiger charge is -2.07. The van der Waals surface area contributed by atoms with E-state index in [0.29, 0.717) is 16.8 Å². The smallest absolute Gasteiger partial charge is 0.339 e. The first-order valence-corrected chi connectivity index (χ1v) is 6.85. The minimum atomic E-state index is -0.992. The third-order valence-electron chi connectivity index (χ3n) is 2.31. The molecule has 0 aliphatic heterocycles. The third-order valence-corrected chi connectivity index (χ3v) is 3.75. The molecule has 0 spiro atoms. The van der Waals surface area contributed by atoms with Crippen LogP contribution in [0.15, 0.2) is 28.9 Å². The summed E-state index contributed by atoms with van der Waals surface area (Å²) in [5, 5.41) is 12.1. The van der Waals surface area contributed by atoms with Crippen LogP contribution in [0.2, 0.25) is 0 Å². The van der Waals surface area contributed by atoms with Crippen LogP contribution in [0, 0.1) is 6.92 Å². The molecule has 0 saturated carbocycles. The molecule has 4 nitrogen and oxygen atoms in total. The van der Waals surface area contributed by atoms with E-state index in [1.165, 1.54) is 10.9 Å². The van der Waals surface area contributed by atoms with Gasteiger partial charge >= 0.3 is 5.97 Å². The van der Waals surface area contributed by atoms with Gasteiger partial charge in [0.2, 0.25) is 0 Å². The average Bonchev–Trinajstić information content (AvgIpc) is 2.73. The summed E-state index contributed by atoms with van der Waals surface area (Å²) in [6, 6.07) is 5.60. The largest absolute Gasteiger partial charge is 0.478 e. The molecule has 0 atom stereocenters. The van der Waals surface area contributed by atoms with Crippen molar-refractivity contribution in [1.82, 2.24) is 4.98 Å². The number of hydrogen-bond donors (Lipinski definition) is 2. The Morgan fingerprint density at radius 2 is 2.33 bits per heavy atom. The van der Waals surface area contributed by atoms with Crippen LogP contribution in [0.1, 0.15) is 20.1 Å². The monoisotopic (exact) mass is 326 g/mol. The van der Waals surface area contributed by atoms with Gasteiger partial charge in [-0.05, 0) is 41.1 Å². The lowest BCUT2D eigenvalue weighted by Crippen LogP contribution is -2.07. The van der Waals surface area contributed by atoms with Crippen LogP contribution in [-0.4, -0.2) is 16.1 Å². The number of thiophene rings is 1. The molecule has 0 aliphatic rings. The highest BCUT2D eigenvalue weighted by Crippen LogP contribution is 2.20. The highest BCUT2D eigenvalue weighted by atomic mass is 79.9. The quantitative estimate of drug-likeness (QED) is 0.902. The zero-order valence-electron chi connectivity index (χ0n) is 9.61. The summed E-state index contributed by atoms with van der Waals surface area (Å²) in [4.78, 5) is 17.6. The van der Waals surface area contributed by atoms with Crippen LogP contribution in [0.25, 0.3) is 0 Å². The zero-order chi connectivity index (χ0) is 13.1. The van der Waals surface area contributed by atoms with E-state index >= 15 is 0 Å². The third kappa shape index (κ3) is 3.08. The second-order valence-electron chi connectivity index (χ2n) is 3.72. The maximum absolute atomic E-state index is 11.1. The number of carboxylic acids is 1. The van der Waals surface area contributed by atoms with Crippen molar-refractivity contribution in [2.24, 2.45) is 0 Å². The van der Waals surface area contributed by atoms with Gasteiger partial charge in [-0.25, -0.2) is 9.78 Å². The molecule has 2 N–H and O–H groups in total. The highest BCUT2D eigenvalue weighted by Gasteiger charge is 2.12. The second kappa shape index (κ2) is 5.49. The van der Waals surface area contributed by atoms with Gasteiger partial charge in [-0.1, -0.05) is 0 Å². The van der Waals surface area contributed by atoms with Crippen LogP contribution in [-0.2, 0) is 6.54 Å². The topological polar surface area (TPSA) is 62.2 Å². The molecule has 0 fully saturated rings. The SMILES string of the molecule is Cc1ccc(CNc2ncc(Br)cc2C(=O)O)s1. The van der Waals surface area contributed by atoms with E-state index in [1.54, 1.807) is 17.5 Å². The van der Waals surface area contributed by atoms with E-state index < -0.39 is 5.97 Å². The Balaban J connectivity index is 2.16. The van der Waals surface area contributed by atoms with Crippen molar-refractivity contribution in [1.29, 1.82) is 0 Å². The molecule has 94 valence electrons. The van der Waals surface area contributed by atoms with Gasteiger partial charge in [0.15, 0.2) is 0 Å². The van der Waals surface area contributed by atoms with E-state index in [9.17, 15) is 4.79 Å². The van der Waals surface area contributed by atoms with Gasteiger partial charge in [0, 0.05) is 20.4 Å². The van der Waals surface area contributed by atoms with Crippen molar-refractivity contribution in [2.75, 3.05) is 5.32 Å². The summed E-state index contributed by atoms with van der Waals surface area (Å²) in [6.45, 7) is 2.61. The van der Waals surface area contributed by atoms with Crippen LogP contribution < -0.4 is 5.32 Å². The van der Waals surface area contributed by atoms with Gasteiger partial charge in [0.25, 0.3) is 0 Å². The summed E-state index contributed by atoms with van der Waals surface area (Å²) in [7, 11) is 0. The van der Waals surface area contributed by atoms with Crippen LogP contribution in [0.5, 0.6) is 0 Å². The Labute approximate surface area is 117 Å². The van der Waals surface area contributed by atoms with Crippen molar-refractivity contribution < 1.29 is 9.90 Å². The molecule has 0 saturated heterocycles. The average molecular weight is 327 g/mol. The number of carboxylic acid groups (broad SMARTS) is 1. The normalized spacial score (nSPS) is 10.3. The molecule has 0 amide bonds. The summed E-state index contributed by atoms with van der Waals surface area (Å²) in [5.41, 5.74) is 0.164. The fourth-order valence-corrected chi connectivity index (χ4v) is 2.66. The molecule has 6 heteroatoms. The Kier molecular flexibility index (Phi) is 3.98.